The molecule has 0 radical (unpaired) electrons. The van der Waals surface area contributed by atoms with E-state index < -0.39 is 0 Å². The molecule has 190 valence electrons. The number of benzene rings is 7. The summed E-state index contributed by atoms with van der Waals surface area (Å²) in [7, 11) is 0. The molecular formula is C40H30. The first kappa shape index (κ1) is 24.1. The van der Waals surface area contributed by atoms with E-state index in [1.54, 1.807) is 0 Å². The summed E-state index contributed by atoms with van der Waals surface area (Å²) in [6.07, 6.45) is 11.0. The monoisotopic (exact) mass is 510 g/mol. The summed E-state index contributed by atoms with van der Waals surface area (Å²) in [5.41, 5.74) is 5.32. The van der Waals surface area contributed by atoms with Crippen molar-refractivity contribution in [3.63, 3.8) is 0 Å². The molecule has 0 heterocycles. The molecule has 0 spiro atoms. The maximum absolute atomic E-state index is 2.33. The molecule has 7 aromatic carbocycles. The first-order valence-electron chi connectivity index (χ1n) is 14.1. The van der Waals surface area contributed by atoms with Gasteiger partial charge in [0.05, 0.1) is 0 Å². The zero-order chi connectivity index (χ0) is 26.7. The van der Waals surface area contributed by atoms with E-state index in [1.165, 1.54) is 65.3 Å². The maximum Gasteiger partial charge on any atom is -0.00818 e. The second-order valence-electron chi connectivity index (χ2n) is 10.4. The van der Waals surface area contributed by atoms with Gasteiger partial charge in [0, 0.05) is 0 Å². The lowest BCUT2D eigenvalue weighted by atomic mass is 9.88. The molecule has 0 saturated heterocycles. The van der Waals surface area contributed by atoms with Gasteiger partial charge in [0.25, 0.3) is 0 Å². The van der Waals surface area contributed by atoms with Crippen LogP contribution >= 0.6 is 0 Å². The Balaban J connectivity index is 1.28. The Labute approximate surface area is 235 Å². The van der Waals surface area contributed by atoms with Crippen LogP contribution in [0.3, 0.4) is 0 Å². The third kappa shape index (κ3) is 4.48. The minimum atomic E-state index is 0.885. The molecule has 0 aliphatic heterocycles. The second-order valence-corrected chi connectivity index (χ2v) is 10.4. The quantitative estimate of drug-likeness (QED) is 0.195. The Morgan fingerprint density at radius 2 is 0.650 bits per heavy atom. The van der Waals surface area contributed by atoms with Gasteiger partial charge in [0.15, 0.2) is 0 Å². The van der Waals surface area contributed by atoms with Crippen LogP contribution < -0.4 is 0 Å². The predicted molar refractivity (Wildman–Crippen MR) is 175 cm³/mol. The Kier molecular flexibility index (Phi) is 6.44. The van der Waals surface area contributed by atoms with Gasteiger partial charge in [-0.25, -0.2) is 0 Å². The Hall–Kier alpha value is -4.94. The highest BCUT2D eigenvalue weighted by Gasteiger charge is 2.12. The van der Waals surface area contributed by atoms with Gasteiger partial charge in [-0.15, -0.1) is 0 Å². The number of allylic oxidation sites excluding steroid dienone is 2. The average molecular weight is 511 g/mol. The van der Waals surface area contributed by atoms with Crippen molar-refractivity contribution >= 4 is 55.2 Å². The second kappa shape index (κ2) is 10.7. The van der Waals surface area contributed by atoms with Gasteiger partial charge in [-0.3, -0.25) is 0 Å². The van der Waals surface area contributed by atoms with E-state index in [9.17, 15) is 0 Å². The van der Waals surface area contributed by atoms with Crippen LogP contribution in [0.4, 0.5) is 0 Å². The lowest BCUT2D eigenvalue weighted by Crippen LogP contribution is -1.95. The van der Waals surface area contributed by atoms with Crippen molar-refractivity contribution < 1.29 is 0 Å². The molecule has 0 atom stereocenters. The molecule has 0 aliphatic carbocycles. The van der Waals surface area contributed by atoms with E-state index in [1.807, 2.05) is 0 Å². The van der Waals surface area contributed by atoms with Crippen molar-refractivity contribution in [2.75, 3.05) is 0 Å². The summed E-state index contributed by atoms with van der Waals surface area (Å²) in [6, 6.07) is 48.2. The molecule has 0 aliphatic rings. The van der Waals surface area contributed by atoms with E-state index in [0.29, 0.717) is 0 Å². The smallest absolute Gasteiger partial charge is 0.00818 e. The van der Waals surface area contributed by atoms with Crippen LogP contribution in [0.5, 0.6) is 0 Å². The third-order valence-corrected chi connectivity index (χ3v) is 8.04. The summed E-state index contributed by atoms with van der Waals surface area (Å²) in [5.74, 6) is 0. The minimum absolute atomic E-state index is 0.885. The van der Waals surface area contributed by atoms with Crippen LogP contribution in [-0.2, 0) is 12.8 Å². The van der Waals surface area contributed by atoms with Crippen molar-refractivity contribution in [3.05, 3.63) is 168 Å². The fourth-order valence-electron chi connectivity index (χ4n) is 6.15. The van der Waals surface area contributed by atoms with Crippen molar-refractivity contribution in [1.82, 2.24) is 0 Å². The van der Waals surface area contributed by atoms with Crippen molar-refractivity contribution in [1.29, 1.82) is 0 Å². The maximum atomic E-state index is 2.33. The van der Waals surface area contributed by atoms with Crippen LogP contribution in [0.25, 0.3) is 55.2 Å². The molecule has 7 aromatic rings. The van der Waals surface area contributed by atoms with Gasteiger partial charge in [-0.2, -0.15) is 0 Å². The molecule has 0 amide bonds. The number of rotatable bonds is 6. The highest BCUT2D eigenvalue weighted by atomic mass is 14.2. The molecule has 0 aromatic heterocycles. The van der Waals surface area contributed by atoms with E-state index >= 15 is 0 Å². The van der Waals surface area contributed by atoms with Crippen LogP contribution in [-0.4, -0.2) is 0 Å². The van der Waals surface area contributed by atoms with Crippen LogP contribution in [0, 0.1) is 0 Å². The Bertz CT molecular complexity index is 1840. The van der Waals surface area contributed by atoms with Crippen molar-refractivity contribution in [3.8, 4) is 0 Å². The highest BCUT2D eigenvalue weighted by Crippen LogP contribution is 2.34. The first-order chi connectivity index (χ1) is 19.9. The molecule has 0 N–H and O–H groups in total. The molecule has 7 rings (SSSR count). The molecule has 0 heteroatoms. The lowest BCUT2D eigenvalue weighted by molar-refractivity contribution is 1.30. The van der Waals surface area contributed by atoms with Gasteiger partial charge in [0.2, 0.25) is 0 Å². The molecule has 40 heavy (non-hydrogen) atoms. The highest BCUT2D eigenvalue weighted by molar-refractivity contribution is 6.06. The summed E-state index contributed by atoms with van der Waals surface area (Å²) in [6.45, 7) is 0. The normalized spacial score (nSPS) is 12.0. The Morgan fingerprint density at radius 1 is 0.325 bits per heavy atom. The van der Waals surface area contributed by atoms with E-state index in [4.69, 9.17) is 0 Å². The van der Waals surface area contributed by atoms with Gasteiger partial charge < -0.3 is 0 Å². The van der Waals surface area contributed by atoms with E-state index in [0.717, 1.165) is 12.8 Å². The largest absolute Gasteiger partial charge is 0.0795 e. The fourth-order valence-corrected chi connectivity index (χ4v) is 6.15. The standard InChI is InChI=1S/C40H30/c1-3-21-33-29(13-1)15-9-17-31(33)19-11-27-39-35-23-5-7-25-37(35)40(38-26-8-6-24-36(38)39)28-12-20-32-18-10-16-30-14-2-4-22-34(30)32/h1-26H,27-28H2. The molecule has 0 saturated carbocycles. The van der Waals surface area contributed by atoms with Gasteiger partial charge in [-0.1, -0.05) is 158 Å². The van der Waals surface area contributed by atoms with Crippen molar-refractivity contribution in [2.24, 2.45) is 0 Å². The van der Waals surface area contributed by atoms with Gasteiger partial charge >= 0.3 is 0 Å². The number of fused-ring (bicyclic) bond motifs is 4. The van der Waals surface area contributed by atoms with Crippen LogP contribution in [0.1, 0.15) is 22.3 Å². The predicted octanol–water partition coefficient (Wildman–Crippen LogP) is 10.8. The molecule has 0 fully saturated rings. The first-order valence-corrected chi connectivity index (χ1v) is 14.1. The minimum Gasteiger partial charge on any atom is -0.0795 e. The van der Waals surface area contributed by atoms with Crippen molar-refractivity contribution in [2.45, 2.75) is 12.8 Å². The topological polar surface area (TPSA) is 0 Å². The third-order valence-electron chi connectivity index (χ3n) is 8.04. The summed E-state index contributed by atoms with van der Waals surface area (Å²) >= 11 is 0. The Morgan fingerprint density at radius 3 is 1.05 bits per heavy atom. The fraction of sp³-hybridized carbons (Fsp3) is 0.0500. The zero-order valence-electron chi connectivity index (χ0n) is 22.4. The van der Waals surface area contributed by atoms with E-state index in [2.05, 4.69) is 158 Å². The number of hydrogen-bond donors (Lipinski definition) is 0. The summed E-state index contributed by atoms with van der Waals surface area (Å²) < 4.78 is 0. The average Bonchev–Trinajstić information content (AvgIpc) is 3.02. The molecular weight excluding hydrogens is 480 g/mol. The summed E-state index contributed by atoms with van der Waals surface area (Å²) in [4.78, 5) is 0. The van der Waals surface area contributed by atoms with Gasteiger partial charge in [-0.05, 0) is 78.2 Å². The molecule has 0 unspecified atom stereocenters. The SMILES string of the molecule is C(=Cc1cccc2ccccc12)Cc1c2ccccc2c(CC=Cc2cccc3ccccc23)c2ccccc12. The molecule has 0 bridgehead atoms. The molecule has 0 nitrogen and oxygen atoms in total. The lowest BCUT2D eigenvalue weighted by Gasteiger charge is -2.15. The zero-order valence-corrected chi connectivity index (χ0v) is 22.4. The van der Waals surface area contributed by atoms with Crippen LogP contribution in [0.15, 0.2) is 146 Å². The van der Waals surface area contributed by atoms with E-state index in [-0.39, 0.29) is 0 Å². The van der Waals surface area contributed by atoms with Gasteiger partial charge in [0.1, 0.15) is 0 Å². The number of hydrogen-bond acceptors (Lipinski definition) is 0. The summed E-state index contributed by atoms with van der Waals surface area (Å²) in [5, 5.41) is 10.5. The van der Waals surface area contributed by atoms with Crippen LogP contribution in [0.2, 0.25) is 0 Å².